The van der Waals surface area contributed by atoms with E-state index in [0.717, 1.165) is 24.7 Å². The number of aldehydes is 1. The second kappa shape index (κ2) is 4.41. The summed E-state index contributed by atoms with van der Waals surface area (Å²) >= 11 is 0. The Bertz CT molecular complexity index is 207. The summed E-state index contributed by atoms with van der Waals surface area (Å²) in [5, 5.41) is 0. The molecule has 0 N–H and O–H groups in total. The summed E-state index contributed by atoms with van der Waals surface area (Å²) in [4.78, 5) is 15.2. The van der Waals surface area contributed by atoms with Crippen molar-refractivity contribution in [2.45, 2.75) is 12.8 Å². The number of hydrogen-bond acceptors (Lipinski definition) is 3. The van der Waals surface area contributed by atoms with Crippen LogP contribution in [0, 0.1) is 11.8 Å². The van der Waals surface area contributed by atoms with E-state index in [1.54, 1.807) is 0 Å². The average Bonchev–Trinajstić information content (AvgIpc) is 2.56. The summed E-state index contributed by atoms with van der Waals surface area (Å²) in [7, 11) is 2.21. The molecule has 2 atom stereocenters. The van der Waals surface area contributed by atoms with Crippen LogP contribution in [0.15, 0.2) is 0 Å². The van der Waals surface area contributed by atoms with Crippen molar-refractivity contribution in [3.05, 3.63) is 0 Å². The minimum Gasteiger partial charge on any atom is -0.306 e. The third-order valence-corrected chi connectivity index (χ3v) is 3.64. The van der Waals surface area contributed by atoms with Gasteiger partial charge < -0.3 is 14.6 Å². The normalized spacial score (nSPS) is 34.4. The molecular formula is C11H20N2O. The van der Waals surface area contributed by atoms with Crippen LogP contribution in [-0.2, 0) is 4.79 Å². The van der Waals surface area contributed by atoms with Crippen molar-refractivity contribution < 1.29 is 4.79 Å². The quantitative estimate of drug-likeness (QED) is 0.613. The van der Waals surface area contributed by atoms with E-state index in [-0.39, 0.29) is 0 Å². The summed E-state index contributed by atoms with van der Waals surface area (Å²) in [6, 6.07) is 0. The minimum absolute atomic E-state index is 0.704. The van der Waals surface area contributed by atoms with Crippen LogP contribution in [0.1, 0.15) is 12.8 Å². The molecule has 2 rings (SSSR count). The van der Waals surface area contributed by atoms with Gasteiger partial charge in [-0.15, -0.1) is 0 Å². The Kier molecular flexibility index (Phi) is 3.19. The molecule has 2 aliphatic heterocycles. The zero-order valence-corrected chi connectivity index (χ0v) is 8.98. The number of rotatable bonds is 3. The van der Waals surface area contributed by atoms with Gasteiger partial charge in [0.25, 0.3) is 0 Å². The summed E-state index contributed by atoms with van der Waals surface area (Å²) in [6.45, 7) is 5.92. The third kappa shape index (κ3) is 2.15. The number of carbonyl (C=O) groups excluding carboxylic acids is 1. The molecule has 0 aromatic rings. The SMILES string of the molecule is CN1CCC2CN(CCC=O)CC2C1. The number of hydrogen-bond donors (Lipinski definition) is 0. The Morgan fingerprint density at radius 1 is 1.29 bits per heavy atom. The largest absolute Gasteiger partial charge is 0.306 e. The summed E-state index contributed by atoms with van der Waals surface area (Å²) in [6.07, 6.45) is 3.09. The molecule has 0 bridgehead atoms. The molecule has 2 aliphatic rings. The fourth-order valence-corrected chi connectivity index (χ4v) is 2.87. The van der Waals surface area contributed by atoms with E-state index in [2.05, 4.69) is 16.8 Å². The highest BCUT2D eigenvalue weighted by molar-refractivity contribution is 5.49. The van der Waals surface area contributed by atoms with Gasteiger partial charge in [0.05, 0.1) is 0 Å². The molecule has 2 saturated heterocycles. The van der Waals surface area contributed by atoms with Crippen molar-refractivity contribution in [2.75, 3.05) is 39.8 Å². The van der Waals surface area contributed by atoms with Crippen LogP contribution in [0.5, 0.6) is 0 Å². The maximum atomic E-state index is 10.3. The van der Waals surface area contributed by atoms with Crippen molar-refractivity contribution in [2.24, 2.45) is 11.8 Å². The van der Waals surface area contributed by atoms with E-state index in [0.29, 0.717) is 6.42 Å². The summed E-state index contributed by atoms with van der Waals surface area (Å²) in [5.41, 5.74) is 0. The van der Waals surface area contributed by atoms with Crippen molar-refractivity contribution in [3.63, 3.8) is 0 Å². The molecule has 3 nitrogen and oxygen atoms in total. The molecule has 0 amide bonds. The molecular weight excluding hydrogens is 176 g/mol. The van der Waals surface area contributed by atoms with E-state index < -0.39 is 0 Å². The average molecular weight is 196 g/mol. The Morgan fingerprint density at radius 2 is 2.07 bits per heavy atom. The highest BCUT2D eigenvalue weighted by atomic mass is 16.1. The molecule has 0 saturated carbocycles. The number of fused-ring (bicyclic) bond motifs is 1. The van der Waals surface area contributed by atoms with E-state index in [1.807, 2.05) is 0 Å². The van der Waals surface area contributed by atoms with Crippen LogP contribution in [0.4, 0.5) is 0 Å². The van der Waals surface area contributed by atoms with Crippen LogP contribution in [0.2, 0.25) is 0 Å². The fraction of sp³-hybridized carbons (Fsp3) is 0.909. The number of likely N-dealkylation sites (tertiary alicyclic amines) is 2. The molecule has 2 unspecified atom stereocenters. The van der Waals surface area contributed by atoms with Crippen LogP contribution in [-0.4, -0.2) is 55.9 Å². The smallest absolute Gasteiger partial charge is 0.121 e. The lowest BCUT2D eigenvalue weighted by molar-refractivity contribution is -0.108. The van der Waals surface area contributed by atoms with E-state index in [9.17, 15) is 4.79 Å². The Balaban J connectivity index is 1.82. The maximum Gasteiger partial charge on any atom is 0.121 e. The van der Waals surface area contributed by atoms with E-state index in [4.69, 9.17) is 0 Å². The van der Waals surface area contributed by atoms with Crippen molar-refractivity contribution in [3.8, 4) is 0 Å². The summed E-state index contributed by atoms with van der Waals surface area (Å²) < 4.78 is 0. The molecule has 0 aromatic carbocycles. The third-order valence-electron chi connectivity index (χ3n) is 3.64. The van der Waals surface area contributed by atoms with Crippen LogP contribution < -0.4 is 0 Å². The molecule has 80 valence electrons. The van der Waals surface area contributed by atoms with Gasteiger partial charge in [-0.3, -0.25) is 0 Å². The van der Waals surface area contributed by atoms with Crippen molar-refractivity contribution >= 4 is 6.29 Å². The number of carbonyl (C=O) groups is 1. The zero-order chi connectivity index (χ0) is 9.97. The van der Waals surface area contributed by atoms with Gasteiger partial charge in [0.15, 0.2) is 0 Å². The molecule has 3 heteroatoms. The van der Waals surface area contributed by atoms with Gasteiger partial charge in [-0.2, -0.15) is 0 Å². The first-order valence-corrected chi connectivity index (χ1v) is 5.64. The lowest BCUT2D eigenvalue weighted by Gasteiger charge is -2.31. The van der Waals surface area contributed by atoms with Gasteiger partial charge in [-0.05, 0) is 31.8 Å². The molecule has 0 aliphatic carbocycles. The van der Waals surface area contributed by atoms with E-state index >= 15 is 0 Å². The highest BCUT2D eigenvalue weighted by Gasteiger charge is 2.35. The van der Waals surface area contributed by atoms with Gasteiger partial charge in [0.1, 0.15) is 6.29 Å². The van der Waals surface area contributed by atoms with Gasteiger partial charge in [0, 0.05) is 32.6 Å². The molecule has 14 heavy (non-hydrogen) atoms. The fourth-order valence-electron chi connectivity index (χ4n) is 2.87. The lowest BCUT2D eigenvalue weighted by Crippen LogP contribution is -2.37. The Labute approximate surface area is 86.1 Å². The number of nitrogens with zero attached hydrogens (tertiary/aromatic N) is 2. The standard InChI is InChI=1S/C11H20N2O/c1-12-5-3-10-8-13(4-2-6-14)9-11(10)7-12/h6,10-11H,2-5,7-9H2,1H3. The molecule has 0 radical (unpaired) electrons. The number of piperidine rings is 1. The molecule has 0 aromatic heterocycles. The predicted molar refractivity (Wildman–Crippen MR) is 56.2 cm³/mol. The van der Waals surface area contributed by atoms with Crippen LogP contribution in [0.3, 0.4) is 0 Å². The monoisotopic (exact) mass is 196 g/mol. The van der Waals surface area contributed by atoms with Crippen LogP contribution >= 0.6 is 0 Å². The van der Waals surface area contributed by atoms with Gasteiger partial charge in [-0.25, -0.2) is 0 Å². The first-order chi connectivity index (χ1) is 6.79. The first kappa shape index (κ1) is 10.1. The molecule has 2 fully saturated rings. The van der Waals surface area contributed by atoms with Gasteiger partial charge in [0.2, 0.25) is 0 Å². The molecule has 2 heterocycles. The Morgan fingerprint density at radius 3 is 2.86 bits per heavy atom. The van der Waals surface area contributed by atoms with Crippen LogP contribution in [0.25, 0.3) is 0 Å². The second-order valence-corrected chi connectivity index (χ2v) is 4.79. The van der Waals surface area contributed by atoms with E-state index in [1.165, 1.54) is 32.6 Å². The Hall–Kier alpha value is -0.410. The van der Waals surface area contributed by atoms with Gasteiger partial charge >= 0.3 is 0 Å². The first-order valence-electron chi connectivity index (χ1n) is 5.64. The van der Waals surface area contributed by atoms with Crippen molar-refractivity contribution in [1.29, 1.82) is 0 Å². The minimum atomic E-state index is 0.704. The second-order valence-electron chi connectivity index (χ2n) is 4.79. The highest BCUT2D eigenvalue weighted by Crippen LogP contribution is 2.30. The maximum absolute atomic E-state index is 10.3. The molecule has 0 spiro atoms. The predicted octanol–water partition coefficient (Wildman–Crippen LogP) is 0.459. The zero-order valence-electron chi connectivity index (χ0n) is 8.98. The van der Waals surface area contributed by atoms with Gasteiger partial charge in [-0.1, -0.05) is 0 Å². The van der Waals surface area contributed by atoms with Crippen molar-refractivity contribution in [1.82, 2.24) is 9.80 Å². The lowest BCUT2D eigenvalue weighted by atomic mass is 9.89. The topological polar surface area (TPSA) is 23.6 Å². The summed E-state index contributed by atoms with van der Waals surface area (Å²) in [5.74, 6) is 1.76.